The number of fused-ring (bicyclic) bond motifs is 1. The molecule has 0 radical (unpaired) electrons. The molecule has 0 saturated heterocycles. The van der Waals surface area contributed by atoms with Gasteiger partial charge < -0.3 is 11.1 Å². The van der Waals surface area contributed by atoms with Crippen LogP contribution in [0.25, 0.3) is 5.65 Å². The fraction of sp³-hybridized carbons (Fsp3) is 0.600. The molecule has 0 amide bonds. The first-order valence-corrected chi connectivity index (χ1v) is 5.89. The van der Waals surface area contributed by atoms with E-state index in [0.29, 0.717) is 5.65 Å². The topological polar surface area (TPSA) is 94.0 Å². The third-order valence-electron chi connectivity index (χ3n) is 2.51. The highest BCUT2D eigenvalue weighted by Crippen LogP contribution is 2.04. The molecule has 2 rings (SSSR count). The van der Waals surface area contributed by atoms with Gasteiger partial charge in [-0.25, -0.2) is 0 Å². The van der Waals surface area contributed by atoms with E-state index in [9.17, 15) is 0 Å². The molecule has 0 atom stereocenters. The summed E-state index contributed by atoms with van der Waals surface area (Å²) in [6.07, 6.45) is 4.61. The summed E-state index contributed by atoms with van der Waals surface area (Å²) in [5, 5.41) is 18.5. The van der Waals surface area contributed by atoms with Gasteiger partial charge in [-0.3, -0.25) is 0 Å². The number of hydrogen-bond acceptors (Lipinski definition) is 6. The molecule has 0 bridgehead atoms. The summed E-state index contributed by atoms with van der Waals surface area (Å²) in [4.78, 5) is 0. The lowest BCUT2D eigenvalue weighted by Crippen LogP contribution is -2.06. The van der Waals surface area contributed by atoms with Crippen molar-refractivity contribution in [3.8, 4) is 0 Å². The van der Waals surface area contributed by atoms with Gasteiger partial charge in [0.1, 0.15) is 5.82 Å². The minimum Gasteiger partial charge on any atom is -0.369 e. The highest BCUT2D eigenvalue weighted by molar-refractivity contribution is 5.41. The van der Waals surface area contributed by atoms with E-state index in [1.165, 1.54) is 17.5 Å². The number of nitrogens with one attached hydrogen (secondary N) is 1. The fourth-order valence-corrected chi connectivity index (χ4v) is 1.58. The van der Waals surface area contributed by atoms with Crippen LogP contribution in [0.1, 0.15) is 25.7 Å². The molecule has 3 N–H and O–H groups in total. The summed E-state index contributed by atoms with van der Waals surface area (Å²) < 4.78 is 1.41. The molecule has 2 aromatic heterocycles. The quantitative estimate of drug-likeness (QED) is 0.677. The Kier molecular flexibility index (Phi) is 4.20. The summed E-state index contributed by atoms with van der Waals surface area (Å²) in [6, 6.07) is 3.72. The van der Waals surface area contributed by atoms with E-state index >= 15 is 0 Å². The molecular weight excluding hydrogens is 218 g/mol. The van der Waals surface area contributed by atoms with E-state index in [1.807, 2.05) is 12.1 Å². The average molecular weight is 235 g/mol. The number of tetrazole rings is 1. The SMILES string of the molecule is NCCCCCCNc1ccc2nnnn2n1. The first-order valence-electron chi connectivity index (χ1n) is 5.89. The van der Waals surface area contributed by atoms with Crippen molar-refractivity contribution < 1.29 is 0 Å². The van der Waals surface area contributed by atoms with Gasteiger partial charge in [0, 0.05) is 6.54 Å². The van der Waals surface area contributed by atoms with Gasteiger partial charge in [0.2, 0.25) is 0 Å². The van der Waals surface area contributed by atoms with Crippen molar-refractivity contribution in [1.29, 1.82) is 0 Å². The predicted molar refractivity (Wildman–Crippen MR) is 64.6 cm³/mol. The first-order chi connectivity index (χ1) is 8.40. The lowest BCUT2D eigenvalue weighted by Gasteiger charge is -2.04. The zero-order chi connectivity index (χ0) is 11.9. The summed E-state index contributed by atoms with van der Waals surface area (Å²) in [5.74, 6) is 0.795. The maximum Gasteiger partial charge on any atom is 0.200 e. The zero-order valence-corrected chi connectivity index (χ0v) is 9.71. The summed E-state index contributed by atoms with van der Waals surface area (Å²) in [6.45, 7) is 1.69. The van der Waals surface area contributed by atoms with Crippen molar-refractivity contribution in [1.82, 2.24) is 25.3 Å². The van der Waals surface area contributed by atoms with E-state index < -0.39 is 0 Å². The second-order valence-electron chi connectivity index (χ2n) is 3.87. The van der Waals surface area contributed by atoms with Gasteiger partial charge in [0.05, 0.1) is 0 Å². The Labute approximate surface area is 99.4 Å². The number of hydrogen-bond donors (Lipinski definition) is 2. The van der Waals surface area contributed by atoms with Crippen LogP contribution in [-0.2, 0) is 0 Å². The van der Waals surface area contributed by atoms with Crippen molar-refractivity contribution >= 4 is 11.5 Å². The van der Waals surface area contributed by atoms with Gasteiger partial charge >= 0.3 is 0 Å². The van der Waals surface area contributed by atoms with Crippen LogP contribution >= 0.6 is 0 Å². The van der Waals surface area contributed by atoms with E-state index in [2.05, 4.69) is 25.9 Å². The van der Waals surface area contributed by atoms with Gasteiger partial charge in [-0.1, -0.05) is 12.8 Å². The van der Waals surface area contributed by atoms with Gasteiger partial charge in [0.25, 0.3) is 0 Å². The second-order valence-corrected chi connectivity index (χ2v) is 3.87. The molecule has 0 aliphatic carbocycles. The van der Waals surface area contributed by atoms with Crippen molar-refractivity contribution in [2.45, 2.75) is 25.7 Å². The lowest BCUT2D eigenvalue weighted by atomic mass is 10.2. The van der Waals surface area contributed by atoms with E-state index in [-0.39, 0.29) is 0 Å². The molecule has 0 aliphatic rings. The molecule has 0 spiro atoms. The third kappa shape index (κ3) is 3.35. The van der Waals surface area contributed by atoms with Gasteiger partial charge in [-0.05, 0) is 41.9 Å². The molecule has 17 heavy (non-hydrogen) atoms. The van der Waals surface area contributed by atoms with Crippen LogP contribution in [0.3, 0.4) is 0 Å². The summed E-state index contributed by atoms with van der Waals surface area (Å²) >= 11 is 0. The third-order valence-corrected chi connectivity index (χ3v) is 2.51. The number of rotatable bonds is 7. The van der Waals surface area contributed by atoms with Crippen LogP contribution in [0, 0.1) is 0 Å². The Morgan fingerprint density at radius 3 is 2.94 bits per heavy atom. The van der Waals surface area contributed by atoms with Crippen molar-refractivity contribution in [2.24, 2.45) is 5.73 Å². The molecule has 7 nitrogen and oxygen atoms in total. The number of aromatic nitrogens is 5. The molecule has 2 heterocycles. The van der Waals surface area contributed by atoms with Crippen LogP contribution in [0.5, 0.6) is 0 Å². The maximum atomic E-state index is 5.43. The van der Waals surface area contributed by atoms with Crippen LogP contribution < -0.4 is 11.1 Å². The number of nitrogens with zero attached hydrogens (tertiary/aromatic N) is 5. The Balaban J connectivity index is 1.75. The molecule has 92 valence electrons. The summed E-state index contributed by atoms with van der Waals surface area (Å²) in [7, 11) is 0. The van der Waals surface area contributed by atoms with Crippen LogP contribution in [0.15, 0.2) is 12.1 Å². The van der Waals surface area contributed by atoms with Crippen molar-refractivity contribution in [2.75, 3.05) is 18.4 Å². The minimum atomic E-state index is 0.651. The lowest BCUT2D eigenvalue weighted by molar-refractivity contribution is 0.659. The molecule has 0 saturated carbocycles. The fourth-order valence-electron chi connectivity index (χ4n) is 1.58. The van der Waals surface area contributed by atoms with Gasteiger partial charge in [-0.2, -0.15) is 0 Å². The number of nitrogens with two attached hydrogens (primary N) is 1. The van der Waals surface area contributed by atoms with Crippen molar-refractivity contribution in [3.63, 3.8) is 0 Å². The standard InChI is InChI=1S/C10H17N7/c11-7-3-1-2-4-8-12-9-5-6-10-13-15-16-17(10)14-9/h5-6H,1-4,7-8,11H2,(H,12,14). The van der Waals surface area contributed by atoms with Gasteiger partial charge in [0.15, 0.2) is 5.65 Å². The monoisotopic (exact) mass is 235 g/mol. The van der Waals surface area contributed by atoms with Crippen LogP contribution in [0.4, 0.5) is 5.82 Å². The molecule has 2 aromatic rings. The van der Waals surface area contributed by atoms with Crippen LogP contribution in [0.2, 0.25) is 0 Å². The van der Waals surface area contributed by atoms with E-state index in [1.54, 1.807) is 0 Å². The number of anilines is 1. The highest BCUT2D eigenvalue weighted by atomic mass is 15.6. The Morgan fingerprint density at radius 1 is 1.18 bits per heavy atom. The first kappa shape index (κ1) is 11.7. The highest BCUT2D eigenvalue weighted by Gasteiger charge is 1.99. The van der Waals surface area contributed by atoms with E-state index in [0.717, 1.165) is 31.7 Å². The smallest absolute Gasteiger partial charge is 0.200 e. The predicted octanol–water partition coefficient (Wildman–Crippen LogP) is 0.450. The average Bonchev–Trinajstić information content (AvgIpc) is 2.81. The minimum absolute atomic E-state index is 0.651. The van der Waals surface area contributed by atoms with Crippen LogP contribution in [-0.4, -0.2) is 38.3 Å². The Morgan fingerprint density at radius 2 is 2.06 bits per heavy atom. The van der Waals surface area contributed by atoms with Gasteiger partial charge in [-0.15, -0.1) is 14.8 Å². The molecular formula is C10H17N7. The number of unbranched alkanes of at least 4 members (excludes halogenated alkanes) is 3. The summed E-state index contributed by atoms with van der Waals surface area (Å²) in [5.41, 5.74) is 6.08. The molecule has 0 aromatic carbocycles. The molecule has 0 fully saturated rings. The Hall–Kier alpha value is -1.76. The van der Waals surface area contributed by atoms with E-state index in [4.69, 9.17) is 5.73 Å². The largest absolute Gasteiger partial charge is 0.369 e. The maximum absolute atomic E-state index is 5.43. The molecule has 0 unspecified atom stereocenters. The zero-order valence-electron chi connectivity index (χ0n) is 9.71. The normalized spacial score (nSPS) is 10.9. The molecule has 7 heteroatoms. The van der Waals surface area contributed by atoms with Crippen molar-refractivity contribution in [3.05, 3.63) is 12.1 Å². The molecule has 0 aliphatic heterocycles. The second kappa shape index (κ2) is 6.09. The Bertz CT molecular complexity index is 453.